The Labute approximate surface area is 86.8 Å². The largest absolute Gasteiger partial charge is 0.480 e. The molecule has 0 radical (unpaired) electrons. The molecule has 15 heavy (non-hydrogen) atoms. The van der Waals surface area contributed by atoms with Crippen molar-refractivity contribution < 1.29 is 23.1 Å². The summed E-state index contributed by atoms with van der Waals surface area (Å²) >= 11 is 0. The number of aliphatic carboxylic acids is 1. The van der Waals surface area contributed by atoms with Gasteiger partial charge in [-0.05, 0) is 6.42 Å². The molecule has 0 unspecified atom stereocenters. The summed E-state index contributed by atoms with van der Waals surface area (Å²) in [5.74, 6) is -1.16. The van der Waals surface area contributed by atoms with Crippen LogP contribution in [0, 0.1) is 0 Å². The van der Waals surface area contributed by atoms with Crippen molar-refractivity contribution in [2.75, 3.05) is 18.1 Å². The molecule has 1 saturated heterocycles. The Morgan fingerprint density at radius 2 is 2.07 bits per heavy atom. The minimum absolute atomic E-state index is 0.0663. The molecular formula is C7H12N2O5S. The molecule has 0 bridgehead atoms. The van der Waals surface area contributed by atoms with E-state index in [4.69, 9.17) is 5.11 Å². The van der Waals surface area contributed by atoms with Crippen molar-refractivity contribution in [3.05, 3.63) is 0 Å². The normalized spacial score (nSPS) is 23.3. The number of hydrogen-bond acceptors (Lipinski definition) is 4. The fraction of sp³-hybridized carbons (Fsp3) is 0.714. The number of nitrogens with one attached hydrogen (secondary N) is 2. The van der Waals surface area contributed by atoms with Crippen molar-refractivity contribution in [3.63, 3.8) is 0 Å². The van der Waals surface area contributed by atoms with E-state index in [1.165, 1.54) is 0 Å². The topological polar surface area (TPSA) is 113 Å². The van der Waals surface area contributed by atoms with Crippen LogP contribution < -0.4 is 10.6 Å². The highest BCUT2D eigenvalue weighted by Gasteiger charge is 2.28. The zero-order valence-corrected chi connectivity index (χ0v) is 8.71. The molecule has 0 aromatic rings. The molecule has 0 aromatic heterocycles. The number of carbonyl (C=O) groups is 2. The van der Waals surface area contributed by atoms with Crippen LogP contribution >= 0.6 is 0 Å². The zero-order chi connectivity index (χ0) is 11.5. The number of carbonyl (C=O) groups excluding carboxylic acids is 1. The van der Waals surface area contributed by atoms with Gasteiger partial charge in [-0.3, -0.25) is 4.79 Å². The summed E-state index contributed by atoms with van der Waals surface area (Å²) in [4.78, 5) is 21.1. The van der Waals surface area contributed by atoms with E-state index in [0.29, 0.717) is 6.42 Å². The van der Waals surface area contributed by atoms with E-state index in [-0.39, 0.29) is 11.5 Å². The van der Waals surface area contributed by atoms with E-state index in [0.717, 1.165) is 0 Å². The van der Waals surface area contributed by atoms with Gasteiger partial charge in [0.15, 0.2) is 9.84 Å². The first-order chi connectivity index (χ1) is 6.89. The van der Waals surface area contributed by atoms with Crippen molar-refractivity contribution >= 4 is 21.8 Å². The van der Waals surface area contributed by atoms with Crippen LogP contribution in [-0.4, -0.2) is 49.6 Å². The number of hydrogen-bond donors (Lipinski definition) is 3. The van der Waals surface area contributed by atoms with Gasteiger partial charge in [0.1, 0.15) is 6.54 Å². The standard InChI is InChI=1S/C7H12N2O5S/c10-6(11)3-8-7(12)9-5-1-2-15(13,14)4-5/h5H,1-4H2,(H,10,11)(H2,8,9,12)/t5-/m0/s1. The lowest BCUT2D eigenvalue weighted by Gasteiger charge is -2.10. The summed E-state index contributed by atoms with van der Waals surface area (Å²) in [5, 5.41) is 12.8. The number of sulfone groups is 1. The lowest BCUT2D eigenvalue weighted by atomic mass is 10.3. The maximum absolute atomic E-state index is 11.0. The van der Waals surface area contributed by atoms with Crippen LogP contribution in [0.1, 0.15) is 6.42 Å². The molecule has 0 spiro atoms. The zero-order valence-electron chi connectivity index (χ0n) is 7.89. The van der Waals surface area contributed by atoms with E-state index in [1.807, 2.05) is 0 Å². The molecule has 0 aliphatic carbocycles. The molecule has 1 heterocycles. The van der Waals surface area contributed by atoms with Crippen LogP contribution in [0.2, 0.25) is 0 Å². The molecule has 0 aromatic carbocycles. The SMILES string of the molecule is O=C(O)CNC(=O)N[C@H]1CCS(=O)(=O)C1. The van der Waals surface area contributed by atoms with Gasteiger partial charge >= 0.3 is 12.0 Å². The second-order valence-corrected chi connectivity index (χ2v) is 5.55. The van der Waals surface area contributed by atoms with Gasteiger partial charge in [0.05, 0.1) is 11.5 Å². The minimum atomic E-state index is -3.03. The highest BCUT2D eigenvalue weighted by atomic mass is 32.2. The number of amides is 2. The third-order valence-corrected chi connectivity index (χ3v) is 3.74. The average molecular weight is 236 g/mol. The van der Waals surface area contributed by atoms with Crippen LogP contribution in [0.3, 0.4) is 0 Å². The number of carboxylic acids is 1. The summed E-state index contributed by atoms with van der Waals surface area (Å²) in [5.41, 5.74) is 0. The Bertz CT molecular complexity index is 364. The molecule has 86 valence electrons. The Morgan fingerprint density at radius 3 is 2.53 bits per heavy atom. The van der Waals surface area contributed by atoms with Crippen molar-refractivity contribution in [1.82, 2.24) is 10.6 Å². The maximum atomic E-state index is 11.0. The van der Waals surface area contributed by atoms with E-state index in [1.54, 1.807) is 0 Å². The minimum Gasteiger partial charge on any atom is -0.480 e. The Morgan fingerprint density at radius 1 is 1.40 bits per heavy atom. The second-order valence-electron chi connectivity index (χ2n) is 3.32. The monoisotopic (exact) mass is 236 g/mol. The molecule has 1 fully saturated rings. The lowest BCUT2D eigenvalue weighted by molar-refractivity contribution is -0.135. The van der Waals surface area contributed by atoms with Gasteiger partial charge in [-0.15, -0.1) is 0 Å². The first-order valence-corrected chi connectivity index (χ1v) is 6.18. The first kappa shape index (κ1) is 11.8. The smallest absolute Gasteiger partial charge is 0.323 e. The number of rotatable bonds is 3. The Hall–Kier alpha value is -1.31. The van der Waals surface area contributed by atoms with Gasteiger partial charge < -0.3 is 15.7 Å². The molecule has 2 amide bonds. The average Bonchev–Trinajstić information content (AvgIpc) is 2.42. The molecule has 8 heteroatoms. The van der Waals surface area contributed by atoms with Gasteiger partial charge in [0, 0.05) is 6.04 Å². The van der Waals surface area contributed by atoms with E-state index in [9.17, 15) is 18.0 Å². The van der Waals surface area contributed by atoms with Crippen molar-refractivity contribution in [2.24, 2.45) is 0 Å². The molecule has 7 nitrogen and oxygen atoms in total. The fourth-order valence-electron chi connectivity index (χ4n) is 1.30. The van der Waals surface area contributed by atoms with Crippen molar-refractivity contribution in [3.8, 4) is 0 Å². The number of carboxylic acid groups (broad SMARTS) is 1. The molecule has 0 saturated carbocycles. The van der Waals surface area contributed by atoms with Gasteiger partial charge in [0.2, 0.25) is 0 Å². The van der Waals surface area contributed by atoms with Gasteiger partial charge in [0.25, 0.3) is 0 Å². The van der Waals surface area contributed by atoms with E-state index >= 15 is 0 Å². The van der Waals surface area contributed by atoms with Crippen LogP contribution in [0.15, 0.2) is 0 Å². The molecule has 1 rings (SSSR count). The molecule has 3 N–H and O–H groups in total. The first-order valence-electron chi connectivity index (χ1n) is 4.35. The summed E-state index contributed by atoms with van der Waals surface area (Å²) in [7, 11) is -3.03. The van der Waals surface area contributed by atoms with Crippen LogP contribution in [0.25, 0.3) is 0 Å². The summed E-state index contributed by atoms with van der Waals surface area (Å²) in [6, 6.07) is -1.07. The van der Waals surface area contributed by atoms with Crippen molar-refractivity contribution in [1.29, 1.82) is 0 Å². The van der Waals surface area contributed by atoms with Gasteiger partial charge in [-0.1, -0.05) is 0 Å². The Balaban J connectivity index is 2.31. The maximum Gasteiger partial charge on any atom is 0.323 e. The van der Waals surface area contributed by atoms with E-state index < -0.39 is 34.4 Å². The molecule has 1 atom stereocenters. The second kappa shape index (κ2) is 4.47. The predicted molar refractivity (Wildman–Crippen MR) is 51.2 cm³/mol. The van der Waals surface area contributed by atoms with Crippen LogP contribution in [0.4, 0.5) is 4.79 Å². The van der Waals surface area contributed by atoms with Crippen molar-refractivity contribution in [2.45, 2.75) is 12.5 Å². The highest BCUT2D eigenvalue weighted by Crippen LogP contribution is 2.10. The summed E-state index contributed by atoms with van der Waals surface area (Å²) < 4.78 is 22.0. The van der Waals surface area contributed by atoms with Gasteiger partial charge in [-0.2, -0.15) is 0 Å². The van der Waals surface area contributed by atoms with Crippen LogP contribution in [-0.2, 0) is 14.6 Å². The van der Waals surface area contributed by atoms with E-state index in [2.05, 4.69) is 10.6 Å². The molecule has 1 aliphatic rings. The fourth-order valence-corrected chi connectivity index (χ4v) is 2.97. The molecular weight excluding hydrogens is 224 g/mol. The quantitative estimate of drug-likeness (QED) is 0.555. The van der Waals surface area contributed by atoms with Gasteiger partial charge in [-0.25, -0.2) is 13.2 Å². The summed E-state index contributed by atoms with van der Waals surface area (Å²) in [6.45, 7) is -0.481. The molecule has 1 aliphatic heterocycles. The Kier molecular flexibility index (Phi) is 3.51. The predicted octanol–water partition coefficient (Wildman–Crippen LogP) is -1.44. The number of urea groups is 1. The summed E-state index contributed by atoms with van der Waals surface area (Å²) in [6.07, 6.45) is 0.378. The third-order valence-electron chi connectivity index (χ3n) is 1.97. The highest BCUT2D eigenvalue weighted by molar-refractivity contribution is 7.91. The third kappa shape index (κ3) is 4.15. The van der Waals surface area contributed by atoms with Crippen LogP contribution in [0.5, 0.6) is 0 Å². The lowest BCUT2D eigenvalue weighted by Crippen LogP contribution is -2.44.